The molecule has 2 aromatic carbocycles. The fourth-order valence-electron chi connectivity index (χ4n) is 5.66. The van der Waals surface area contributed by atoms with Crippen LogP contribution in [-0.4, -0.2) is 53.0 Å². The predicted octanol–water partition coefficient (Wildman–Crippen LogP) is 4.46. The standard InChI is InChI=1S/C27H30ClN3O2/c1-27(22-11-13-30(14-12-22)18-23(28)15-19-7-3-2-4-8-19)25(32)31(26(33)29-27)24-16-20-9-5-6-10-21(20)17-24/h2-10,15,22,24H,11-14,16-18H2,1H3,(H,29,33). The third kappa shape index (κ3) is 4.32. The first kappa shape index (κ1) is 22.2. The minimum absolute atomic E-state index is 0.0641. The number of piperidine rings is 1. The minimum Gasteiger partial charge on any atom is -0.323 e. The van der Waals surface area contributed by atoms with E-state index in [0.717, 1.165) is 49.4 Å². The van der Waals surface area contributed by atoms with Gasteiger partial charge in [0.2, 0.25) is 0 Å². The predicted molar refractivity (Wildman–Crippen MR) is 131 cm³/mol. The van der Waals surface area contributed by atoms with Crippen LogP contribution in [-0.2, 0) is 17.6 Å². The molecule has 172 valence electrons. The van der Waals surface area contributed by atoms with Gasteiger partial charge in [-0.2, -0.15) is 0 Å². The Morgan fingerprint density at radius 2 is 1.64 bits per heavy atom. The van der Waals surface area contributed by atoms with Crippen molar-refractivity contribution in [3.63, 3.8) is 0 Å². The van der Waals surface area contributed by atoms with Gasteiger partial charge in [0.1, 0.15) is 5.54 Å². The average Bonchev–Trinajstić information content (AvgIpc) is 3.33. The topological polar surface area (TPSA) is 52.7 Å². The summed E-state index contributed by atoms with van der Waals surface area (Å²) in [6, 6.07) is 18.0. The zero-order chi connectivity index (χ0) is 23.0. The Labute approximate surface area is 200 Å². The molecule has 5 rings (SSSR count). The molecule has 2 aromatic rings. The van der Waals surface area contributed by atoms with E-state index >= 15 is 0 Å². The summed E-state index contributed by atoms with van der Waals surface area (Å²) < 4.78 is 0. The van der Waals surface area contributed by atoms with Gasteiger partial charge in [-0.1, -0.05) is 66.2 Å². The van der Waals surface area contributed by atoms with E-state index in [0.29, 0.717) is 6.54 Å². The smallest absolute Gasteiger partial charge is 0.323 e. The number of rotatable bonds is 5. The maximum Gasteiger partial charge on any atom is 0.325 e. The molecule has 1 aliphatic carbocycles. The molecule has 1 N–H and O–H groups in total. The molecule has 1 atom stereocenters. The van der Waals surface area contributed by atoms with Crippen LogP contribution in [0.1, 0.15) is 36.5 Å². The van der Waals surface area contributed by atoms with Crippen molar-refractivity contribution in [3.8, 4) is 0 Å². The Bertz CT molecular complexity index is 1050. The van der Waals surface area contributed by atoms with Gasteiger partial charge in [-0.3, -0.25) is 14.6 Å². The van der Waals surface area contributed by atoms with Gasteiger partial charge < -0.3 is 5.32 Å². The van der Waals surface area contributed by atoms with Gasteiger partial charge in [-0.25, -0.2) is 4.79 Å². The maximum atomic E-state index is 13.5. The van der Waals surface area contributed by atoms with Gasteiger partial charge >= 0.3 is 6.03 Å². The summed E-state index contributed by atoms with van der Waals surface area (Å²) in [7, 11) is 0. The summed E-state index contributed by atoms with van der Waals surface area (Å²) in [4.78, 5) is 30.3. The van der Waals surface area contributed by atoms with Crippen molar-refractivity contribution in [2.24, 2.45) is 5.92 Å². The molecule has 6 heteroatoms. The van der Waals surface area contributed by atoms with E-state index in [1.807, 2.05) is 55.5 Å². The lowest BCUT2D eigenvalue weighted by Gasteiger charge is -2.39. The lowest BCUT2D eigenvalue weighted by molar-refractivity contribution is -0.134. The molecule has 33 heavy (non-hydrogen) atoms. The number of fused-ring (bicyclic) bond motifs is 1. The quantitative estimate of drug-likeness (QED) is 0.666. The maximum absolute atomic E-state index is 13.5. The molecule has 2 saturated heterocycles. The van der Waals surface area contributed by atoms with Gasteiger partial charge in [0.05, 0.1) is 0 Å². The average molecular weight is 464 g/mol. The Balaban J connectivity index is 1.20. The molecule has 0 saturated carbocycles. The number of nitrogens with zero attached hydrogens (tertiary/aromatic N) is 2. The van der Waals surface area contributed by atoms with Crippen LogP contribution in [0.25, 0.3) is 6.08 Å². The van der Waals surface area contributed by atoms with Crippen molar-refractivity contribution in [2.75, 3.05) is 19.6 Å². The van der Waals surface area contributed by atoms with E-state index in [1.54, 1.807) is 0 Å². The molecular weight excluding hydrogens is 434 g/mol. The second kappa shape index (κ2) is 8.96. The third-order valence-electron chi connectivity index (χ3n) is 7.54. The van der Waals surface area contributed by atoms with Gasteiger partial charge in [0, 0.05) is 17.6 Å². The molecule has 0 spiro atoms. The Kier molecular flexibility index (Phi) is 6.02. The van der Waals surface area contributed by atoms with E-state index in [4.69, 9.17) is 11.6 Å². The molecule has 3 amide bonds. The van der Waals surface area contributed by atoms with E-state index in [1.165, 1.54) is 16.0 Å². The zero-order valence-electron chi connectivity index (χ0n) is 19.0. The lowest BCUT2D eigenvalue weighted by atomic mass is 9.78. The molecule has 0 radical (unpaired) electrons. The fraction of sp³-hybridized carbons (Fsp3) is 0.407. The van der Waals surface area contributed by atoms with E-state index in [-0.39, 0.29) is 23.9 Å². The normalized spacial score (nSPS) is 24.9. The molecule has 2 heterocycles. The molecule has 2 aliphatic heterocycles. The second-order valence-corrected chi connectivity index (χ2v) is 10.2. The molecule has 1 unspecified atom stereocenters. The number of urea groups is 1. The largest absolute Gasteiger partial charge is 0.325 e. The number of carbonyl (C=O) groups excluding carboxylic acids is 2. The highest BCUT2D eigenvalue weighted by molar-refractivity contribution is 6.31. The monoisotopic (exact) mass is 463 g/mol. The van der Waals surface area contributed by atoms with Crippen LogP contribution in [0.4, 0.5) is 4.79 Å². The van der Waals surface area contributed by atoms with Crippen LogP contribution in [0, 0.1) is 5.92 Å². The fourth-order valence-corrected chi connectivity index (χ4v) is 5.96. The Morgan fingerprint density at radius 1 is 1.03 bits per heavy atom. The van der Waals surface area contributed by atoms with Gasteiger partial charge in [-0.05, 0) is 74.4 Å². The summed E-state index contributed by atoms with van der Waals surface area (Å²) in [5.74, 6) is 0.0571. The van der Waals surface area contributed by atoms with E-state index < -0.39 is 5.54 Å². The van der Waals surface area contributed by atoms with Crippen molar-refractivity contribution in [2.45, 2.75) is 44.2 Å². The highest BCUT2D eigenvalue weighted by Crippen LogP contribution is 2.36. The van der Waals surface area contributed by atoms with Crippen LogP contribution in [0.3, 0.4) is 0 Å². The first-order valence-electron chi connectivity index (χ1n) is 11.8. The Hall–Kier alpha value is -2.63. The first-order chi connectivity index (χ1) is 15.9. The number of likely N-dealkylation sites (tertiary alicyclic amines) is 1. The first-order valence-corrected chi connectivity index (χ1v) is 12.2. The number of hydrogen-bond donors (Lipinski definition) is 1. The SMILES string of the molecule is CC1(C2CCN(CC(Cl)=Cc3ccccc3)CC2)NC(=O)N(C2Cc3ccccc3C2)C1=O. The summed E-state index contributed by atoms with van der Waals surface area (Å²) in [6.45, 7) is 4.33. The molecule has 2 fully saturated rings. The lowest BCUT2D eigenvalue weighted by Crippen LogP contribution is -2.54. The number of benzene rings is 2. The molecular formula is C27H30ClN3O2. The van der Waals surface area contributed by atoms with Crippen molar-refractivity contribution in [1.82, 2.24) is 15.1 Å². The number of imide groups is 1. The van der Waals surface area contributed by atoms with Crippen molar-refractivity contribution in [3.05, 3.63) is 76.3 Å². The number of halogens is 1. The summed E-state index contributed by atoms with van der Waals surface area (Å²) in [5.41, 5.74) is 2.75. The van der Waals surface area contributed by atoms with Crippen LogP contribution in [0.5, 0.6) is 0 Å². The number of carbonyl (C=O) groups is 2. The van der Waals surface area contributed by atoms with Gasteiger partial charge in [0.15, 0.2) is 0 Å². The molecule has 3 aliphatic rings. The molecule has 5 nitrogen and oxygen atoms in total. The molecule has 0 bridgehead atoms. The van der Waals surface area contributed by atoms with Crippen molar-refractivity contribution >= 4 is 29.6 Å². The molecule has 0 aromatic heterocycles. The van der Waals surface area contributed by atoms with Crippen molar-refractivity contribution in [1.29, 1.82) is 0 Å². The van der Waals surface area contributed by atoms with Crippen LogP contribution < -0.4 is 5.32 Å². The van der Waals surface area contributed by atoms with E-state index in [2.05, 4.69) is 22.3 Å². The number of amides is 3. The Morgan fingerprint density at radius 3 is 2.27 bits per heavy atom. The van der Waals surface area contributed by atoms with Gasteiger partial charge in [0.25, 0.3) is 5.91 Å². The third-order valence-corrected chi connectivity index (χ3v) is 7.77. The van der Waals surface area contributed by atoms with Gasteiger partial charge in [-0.15, -0.1) is 0 Å². The van der Waals surface area contributed by atoms with Crippen LogP contribution in [0.2, 0.25) is 0 Å². The van der Waals surface area contributed by atoms with Crippen molar-refractivity contribution < 1.29 is 9.59 Å². The summed E-state index contributed by atoms with van der Waals surface area (Å²) in [5, 5.41) is 3.88. The van der Waals surface area contributed by atoms with Crippen LogP contribution >= 0.6 is 11.6 Å². The number of hydrogen-bond acceptors (Lipinski definition) is 3. The summed E-state index contributed by atoms with van der Waals surface area (Å²) in [6.07, 6.45) is 5.22. The number of nitrogens with one attached hydrogen (secondary N) is 1. The van der Waals surface area contributed by atoms with E-state index in [9.17, 15) is 9.59 Å². The highest BCUT2D eigenvalue weighted by atomic mass is 35.5. The minimum atomic E-state index is -0.832. The van der Waals surface area contributed by atoms with Crippen LogP contribution in [0.15, 0.2) is 59.6 Å². The highest BCUT2D eigenvalue weighted by Gasteiger charge is 2.55. The second-order valence-electron chi connectivity index (χ2n) is 9.69. The zero-order valence-corrected chi connectivity index (χ0v) is 19.7. The summed E-state index contributed by atoms with van der Waals surface area (Å²) >= 11 is 6.51.